The first-order valence-electron chi connectivity index (χ1n) is 4.20. The summed E-state index contributed by atoms with van der Waals surface area (Å²) in [5, 5.41) is 8.61. The number of halogens is 2. The van der Waals surface area contributed by atoms with Gasteiger partial charge in [-0.25, -0.2) is 13.6 Å². The molecule has 0 aliphatic heterocycles. The Morgan fingerprint density at radius 3 is 2.57 bits per heavy atom. The van der Waals surface area contributed by atoms with E-state index in [4.69, 9.17) is 5.11 Å². The number of hydrogen-bond acceptors (Lipinski definition) is 1. The number of carbonyl (C=O) groups is 1. The van der Waals surface area contributed by atoms with E-state index >= 15 is 0 Å². The van der Waals surface area contributed by atoms with Crippen molar-refractivity contribution in [1.82, 2.24) is 0 Å². The average molecular weight is 200 g/mol. The third kappa shape index (κ3) is 2.07. The first kappa shape index (κ1) is 10.6. The van der Waals surface area contributed by atoms with Gasteiger partial charge in [0.25, 0.3) is 6.43 Å². The molecule has 0 spiro atoms. The summed E-state index contributed by atoms with van der Waals surface area (Å²) in [6.07, 6.45) is -2.15. The monoisotopic (exact) mass is 200 g/mol. The van der Waals surface area contributed by atoms with E-state index in [1.165, 1.54) is 12.1 Å². The molecule has 0 radical (unpaired) electrons. The summed E-state index contributed by atoms with van der Waals surface area (Å²) in [7, 11) is 0. The van der Waals surface area contributed by atoms with Gasteiger partial charge in [-0.05, 0) is 24.1 Å². The summed E-state index contributed by atoms with van der Waals surface area (Å²) in [6, 6.07) is 3.81. The van der Waals surface area contributed by atoms with E-state index < -0.39 is 12.4 Å². The molecule has 76 valence electrons. The van der Waals surface area contributed by atoms with Crippen molar-refractivity contribution in [2.75, 3.05) is 0 Å². The van der Waals surface area contributed by atoms with Crippen molar-refractivity contribution >= 4 is 5.97 Å². The van der Waals surface area contributed by atoms with Gasteiger partial charge in [0.2, 0.25) is 0 Å². The van der Waals surface area contributed by atoms with Gasteiger partial charge in [0.05, 0.1) is 5.56 Å². The molecular weight excluding hydrogens is 190 g/mol. The summed E-state index contributed by atoms with van der Waals surface area (Å²) in [4.78, 5) is 10.5. The van der Waals surface area contributed by atoms with Gasteiger partial charge in [0.15, 0.2) is 0 Å². The highest BCUT2D eigenvalue weighted by Crippen LogP contribution is 2.24. The Hall–Kier alpha value is -1.45. The van der Waals surface area contributed by atoms with Crippen LogP contribution in [-0.4, -0.2) is 11.1 Å². The van der Waals surface area contributed by atoms with E-state index in [2.05, 4.69) is 0 Å². The van der Waals surface area contributed by atoms with Gasteiger partial charge in [-0.2, -0.15) is 0 Å². The molecule has 14 heavy (non-hydrogen) atoms. The minimum Gasteiger partial charge on any atom is -0.478 e. The quantitative estimate of drug-likeness (QED) is 0.814. The highest BCUT2D eigenvalue weighted by atomic mass is 19.3. The van der Waals surface area contributed by atoms with Crippen LogP contribution in [0.5, 0.6) is 0 Å². The molecule has 0 bridgehead atoms. The molecule has 1 N–H and O–H groups in total. The molecule has 1 rings (SSSR count). The lowest BCUT2D eigenvalue weighted by molar-refractivity contribution is 0.0696. The SMILES string of the molecule is CCc1ccc(C(=O)O)cc1C(F)F. The molecule has 4 heteroatoms. The molecule has 1 aromatic carbocycles. The summed E-state index contributed by atoms with van der Waals surface area (Å²) < 4.78 is 24.9. The number of hydrogen-bond donors (Lipinski definition) is 1. The third-order valence-corrected chi connectivity index (χ3v) is 2.01. The maximum atomic E-state index is 12.5. The molecule has 1 aromatic rings. The average Bonchev–Trinajstić information content (AvgIpc) is 2.16. The van der Waals surface area contributed by atoms with Crippen LogP contribution >= 0.6 is 0 Å². The maximum Gasteiger partial charge on any atom is 0.335 e. The van der Waals surface area contributed by atoms with Crippen molar-refractivity contribution < 1.29 is 18.7 Å². The lowest BCUT2D eigenvalue weighted by Crippen LogP contribution is -2.00. The number of benzene rings is 1. The lowest BCUT2D eigenvalue weighted by atomic mass is 10.0. The molecule has 2 nitrogen and oxygen atoms in total. The Morgan fingerprint density at radius 1 is 1.50 bits per heavy atom. The Morgan fingerprint density at radius 2 is 2.14 bits per heavy atom. The smallest absolute Gasteiger partial charge is 0.335 e. The number of aromatic carboxylic acids is 1. The summed E-state index contributed by atoms with van der Waals surface area (Å²) >= 11 is 0. The van der Waals surface area contributed by atoms with Crippen molar-refractivity contribution in [2.45, 2.75) is 19.8 Å². The van der Waals surface area contributed by atoms with Gasteiger partial charge >= 0.3 is 5.97 Å². The van der Waals surface area contributed by atoms with Crippen LogP contribution in [0.4, 0.5) is 8.78 Å². The highest BCUT2D eigenvalue weighted by Gasteiger charge is 2.14. The van der Waals surface area contributed by atoms with Crippen LogP contribution in [0.25, 0.3) is 0 Å². The van der Waals surface area contributed by atoms with Crippen LogP contribution < -0.4 is 0 Å². The number of carboxylic acids is 1. The second-order valence-electron chi connectivity index (χ2n) is 2.87. The normalized spacial score (nSPS) is 10.6. The zero-order chi connectivity index (χ0) is 10.7. The first-order valence-corrected chi connectivity index (χ1v) is 4.20. The fourth-order valence-electron chi connectivity index (χ4n) is 1.25. The van der Waals surface area contributed by atoms with Crippen LogP contribution in [0.1, 0.15) is 34.8 Å². The summed E-state index contributed by atoms with van der Waals surface area (Å²) in [5.41, 5.74) is 0.204. The topological polar surface area (TPSA) is 37.3 Å². The van der Waals surface area contributed by atoms with E-state index in [1.54, 1.807) is 6.92 Å². The second-order valence-corrected chi connectivity index (χ2v) is 2.87. The Balaban J connectivity index is 3.20. The molecular formula is C10H10F2O2. The van der Waals surface area contributed by atoms with E-state index in [0.29, 0.717) is 12.0 Å². The van der Waals surface area contributed by atoms with Crippen molar-refractivity contribution in [3.8, 4) is 0 Å². The fourth-order valence-corrected chi connectivity index (χ4v) is 1.25. The maximum absolute atomic E-state index is 12.5. The van der Waals surface area contributed by atoms with E-state index in [0.717, 1.165) is 6.07 Å². The molecule has 0 heterocycles. The van der Waals surface area contributed by atoms with Crippen LogP contribution in [-0.2, 0) is 6.42 Å². The molecule has 0 fully saturated rings. The van der Waals surface area contributed by atoms with E-state index in [1.807, 2.05) is 0 Å². The Bertz CT molecular complexity index is 348. The molecule has 0 aliphatic carbocycles. The summed E-state index contributed by atoms with van der Waals surface area (Å²) in [6.45, 7) is 1.75. The lowest BCUT2D eigenvalue weighted by Gasteiger charge is -2.07. The molecule has 0 aromatic heterocycles. The molecule has 0 aliphatic rings. The minimum absolute atomic E-state index is 0.0995. The van der Waals surface area contributed by atoms with E-state index in [9.17, 15) is 13.6 Å². The zero-order valence-corrected chi connectivity index (χ0v) is 7.63. The number of rotatable bonds is 3. The fraction of sp³-hybridized carbons (Fsp3) is 0.300. The van der Waals surface area contributed by atoms with Gasteiger partial charge in [-0.15, -0.1) is 0 Å². The Kier molecular flexibility index (Phi) is 3.17. The Labute approximate surface area is 80.2 Å². The number of alkyl halides is 2. The number of aryl methyl sites for hydroxylation is 1. The van der Waals surface area contributed by atoms with Gasteiger partial charge in [-0.1, -0.05) is 13.0 Å². The molecule has 0 saturated heterocycles. The van der Waals surface area contributed by atoms with Gasteiger partial charge in [0.1, 0.15) is 0 Å². The van der Waals surface area contributed by atoms with Crippen LogP contribution in [0.2, 0.25) is 0 Å². The standard InChI is InChI=1S/C10H10F2O2/c1-2-6-3-4-7(10(13)14)5-8(6)9(11)12/h3-5,9H,2H2,1H3,(H,13,14). The van der Waals surface area contributed by atoms with Gasteiger partial charge in [0, 0.05) is 5.56 Å². The number of carboxylic acid groups (broad SMARTS) is 1. The molecule has 0 unspecified atom stereocenters. The third-order valence-electron chi connectivity index (χ3n) is 2.01. The van der Waals surface area contributed by atoms with Crippen molar-refractivity contribution in [3.05, 3.63) is 34.9 Å². The molecule has 0 amide bonds. The van der Waals surface area contributed by atoms with Crippen molar-refractivity contribution in [2.24, 2.45) is 0 Å². The van der Waals surface area contributed by atoms with Crippen molar-refractivity contribution in [3.63, 3.8) is 0 Å². The predicted molar refractivity (Wildman–Crippen MR) is 47.7 cm³/mol. The zero-order valence-electron chi connectivity index (χ0n) is 7.63. The van der Waals surface area contributed by atoms with Gasteiger partial charge < -0.3 is 5.11 Å². The summed E-state index contributed by atoms with van der Waals surface area (Å²) in [5.74, 6) is -1.19. The predicted octanol–water partition coefficient (Wildman–Crippen LogP) is 2.88. The van der Waals surface area contributed by atoms with Crippen LogP contribution in [0.15, 0.2) is 18.2 Å². The van der Waals surface area contributed by atoms with Gasteiger partial charge in [-0.3, -0.25) is 0 Å². The van der Waals surface area contributed by atoms with Crippen LogP contribution in [0.3, 0.4) is 0 Å². The molecule has 0 atom stereocenters. The second kappa shape index (κ2) is 4.17. The highest BCUT2D eigenvalue weighted by molar-refractivity contribution is 5.87. The van der Waals surface area contributed by atoms with Crippen LogP contribution in [0, 0.1) is 0 Å². The first-order chi connectivity index (χ1) is 6.56. The van der Waals surface area contributed by atoms with Crippen molar-refractivity contribution in [1.29, 1.82) is 0 Å². The minimum atomic E-state index is -2.62. The van der Waals surface area contributed by atoms with E-state index in [-0.39, 0.29) is 11.1 Å². The largest absolute Gasteiger partial charge is 0.478 e. The molecule has 0 saturated carbocycles.